The molecule has 396 valence electrons. The molecule has 8 atom stereocenters. The van der Waals surface area contributed by atoms with Crippen LogP contribution in [0.1, 0.15) is 184 Å². The molecule has 0 aromatic rings. The molecule has 69 heavy (non-hydrogen) atoms. The zero-order valence-electron chi connectivity index (χ0n) is 42.0. The lowest BCUT2D eigenvalue weighted by atomic mass is 9.91. The standard InChI is InChI=1S/C48H81N3O18/c1-30(2)42(48(62)63)51-41(59)28-22-26-39(65-32(4)53)44(67-34(6)55)46(69-36(8)57)45(68-35(7)56)43(66-33(5)54)38(64-31(3)52)25-20-18-16-14-12-10-9-11-13-15-17-19-21-27-40(58)50-37(47(60)61)24-23-29-49/h30,37-39,42-46H,9-29,49H2,1-8H3,(H,50,58)(H,51,59)(H,60,61)(H,62,63)/t37-,38-,39-,42-,43-,44-,45-,46-/m0/s1. The van der Waals surface area contributed by atoms with Gasteiger partial charge in [0, 0.05) is 54.4 Å². The molecule has 0 aliphatic rings. The van der Waals surface area contributed by atoms with Crippen molar-refractivity contribution in [2.24, 2.45) is 11.7 Å². The summed E-state index contributed by atoms with van der Waals surface area (Å²) in [5.74, 6) is -9.05. The van der Waals surface area contributed by atoms with Crippen LogP contribution >= 0.6 is 0 Å². The van der Waals surface area contributed by atoms with E-state index in [2.05, 4.69) is 10.6 Å². The lowest BCUT2D eigenvalue weighted by Crippen LogP contribution is -2.58. The molecule has 0 radical (unpaired) electrons. The predicted octanol–water partition coefficient (Wildman–Crippen LogP) is 5.13. The molecule has 0 spiro atoms. The zero-order chi connectivity index (χ0) is 52.5. The van der Waals surface area contributed by atoms with Crippen molar-refractivity contribution in [2.45, 2.75) is 233 Å². The topological polar surface area (TPSA) is 317 Å². The first-order valence-electron chi connectivity index (χ1n) is 24.3. The van der Waals surface area contributed by atoms with Crippen LogP contribution in [0.25, 0.3) is 0 Å². The fourth-order valence-corrected chi connectivity index (χ4v) is 7.77. The average molecular weight is 988 g/mol. The summed E-state index contributed by atoms with van der Waals surface area (Å²) in [7, 11) is 0. The average Bonchev–Trinajstić information content (AvgIpc) is 3.23. The molecule has 0 heterocycles. The Bertz CT molecular complexity index is 1620. The number of aliphatic carboxylic acids is 2. The molecule has 6 N–H and O–H groups in total. The molecule has 0 aliphatic heterocycles. The van der Waals surface area contributed by atoms with Crippen molar-refractivity contribution < 1.29 is 86.6 Å². The molecular weight excluding hydrogens is 907 g/mol. The Labute approximate surface area is 406 Å². The van der Waals surface area contributed by atoms with Gasteiger partial charge < -0.3 is 55.0 Å². The SMILES string of the molecule is CC(=O)O[C@H]([C@@H](OC(C)=O)[C@@H](OC(C)=O)[C@H](CCCC(=O)N[C@H](C(=O)O)C(C)C)OC(C)=O)[C@@H](OC(C)=O)[C@H](CCCCCCCCCCCCCCCC(=O)N[C@@H](CCCN)C(=O)O)OC(C)=O. The second-order valence-electron chi connectivity index (χ2n) is 17.6. The highest BCUT2D eigenvalue weighted by atomic mass is 16.6. The summed E-state index contributed by atoms with van der Waals surface area (Å²) in [6.07, 6.45) is 2.59. The van der Waals surface area contributed by atoms with E-state index in [1.807, 2.05) is 0 Å². The number of nitrogens with two attached hydrogens (primary N) is 1. The van der Waals surface area contributed by atoms with Crippen molar-refractivity contribution in [2.75, 3.05) is 6.54 Å². The summed E-state index contributed by atoms with van der Waals surface area (Å²) < 4.78 is 33.8. The molecule has 0 aromatic heterocycles. The molecule has 21 heteroatoms. The Morgan fingerprint density at radius 1 is 0.406 bits per heavy atom. The second-order valence-corrected chi connectivity index (χ2v) is 17.6. The fourth-order valence-electron chi connectivity index (χ4n) is 7.77. The molecule has 0 aromatic carbocycles. The maximum absolute atomic E-state index is 12.8. The van der Waals surface area contributed by atoms with Gasteiger partial charge in [0.05, 0.1) is 0 Å². The fraction of sp³-hybridized carbons (Fsp3) is 0.792. The van der Waals surface area contributed by atoms with Crippen LogP contribution in [0.15, 0.2) is 0 Å². The Hall–Kier alpha value is -5.34. The van der Waals surface area contributed by atoms with Crippen LogP contribution in [0, 0.1) is 5.92 Å². The van der Waals surface area contributed by atoms with Gasteiger partial charge in [0.25, 0.3) is 0 Å². The van der Waals surface area contributed by atoms with Crippen LogP contribution in [0.4, 0.5) is 0 Å². The number of carbonyl (C=O) groups excluding carboxylic acids is 8. The number of carboxylic acids is 2. The highest BCUT2D eigenvalue weighted by Gasteiger charge is 2.50. The normalized spacial score (nSPS) is 14.6. The third kappa shape index (κ3) is 30.7. The van der Waals surface area contributed by atoms with Crippen LogP contribution in [0.5, 0.6) is 0 Å². The van der Waals surface area contributed by atoms with Gasteiger partial charge in [-0.05, 0) is 57.4 Å². The van der Waals surface area contributed by atoms with Crippen molar-refractivity contribution in [3.63, 3.8) is 0 Å². The van der Waals surface area contributed by atoms with E-state index >= 15 is 0 Å². The van der Waals surface area contributed by atoms with E-state index in [0.717, 1.165) is 106 Å². The minimum absolute atomic E-state index is 0.0674. The van der Waals surface area contributed by atoms with E-state index in [4.69, 9.17) is 34.2 Å². The maximum atomic E-state index is 12.8. The molecule has 0 unspecified atom stereocenters. The number of hydrogen-bond donors (Lipinski definition) is 5. The minimum Gasteiger partial charge on any atom is -0.480 e. The van der Waals surface area contributed by atoms with Gasteiger partial charge in [-0.2, -0.15) is 0 Å². The molecule has 0 rings (SSSR count). The Morgan fingerprint density at radius 2 is 0.739 bits per heavy atom. The van der Waals surface area contributed by atoms with E-state index < -0.39 is 108 Å². The molecule has 2 amide bonds. The molecule has 21 nitrogen and oxygen atoms in total. The highest BCUT2D eigenvalue weighted by molar-refractivity contribution is 5.84. The van der Waals surface area contributed by atoms with Crippen LogP contribution in [-0.2, 0) is 76.4 Å². The van der Waals surface area contributed by atoms with Gasteiger partial charge in [-0.25, -0.2) is 9.59 Å². The van der Waals surface area contributed by atoms with Gasteiger partial charge in [0.15, 0.2) is 24.4 Å². The van der Waals surface area contributed by atoms with Gasteiger partial charge in [-0.3, -0.25) is 38.4 Å². The van der Waals surface area contributed by atoms with Gasteiger partial charge in [-0.1, -0.05) is 84.5 Å². The number of hydrogen-bond acceptors (Lipinski definition) is 17. The summed E-state index contributed by atoms with van der Waals surface area (Å²) in [5, 5.41) is 23.8. The number of carbonyl (C=O) groups is 10. The van der Waals surface area contributed by atoms with E-state index in [9.17, 15) is 58.2 Å². The van der Waals surface area contributed by atoms with Crippen LogP contribution in [0.2, 0.25) is 0 Å². The first-order valence-corrected chi connectivity index (χ1v) is 24.3. The van der Waals surface area contributed by atoms with Crippen LogP contribution in [-0.4, -0.2) is 125 Å². The largest absolute Gasteiger partial charge is 0.480 e. The smallest absolute Gasteiger partial charge is 0.326 e. The number of nitrogens with one attached hydrogen (secondary N) is 2. The van der Waals surface area contributed by atoms with E-state index in [0.29, 0.717) is 38.6 Å². The van der Waals surface area contributed by atoms with Gasteiger partial charge in [0.1, 0.15) is 24.3 Å². The third-order valence-corrected chi connectivity index (χ3v) is 10.9. The van der Waals surface area contributed by atoms with E-state index in [1.54, 1.807) is 13.8 Å². The molecule has 0 saturated carbocycles. The number of carboxylic acid groups (broad SMARTS) is 2. The summed E-state index contributed by atoms with van der Waals surface area (Å²) in [6.45, 7) is 9.89. The quantitative estimate of drug-likeness (QED) is 0.0303. The van der Waals surface area contributed by atoms with Gasteiger partial charge >= 0.3 is 47.8 Å². The molecule has 0 fully saturated rings. The maximum Gasteiger partial charge on any atom is 0.326 e. The zero-order valence-corrected chi connectivity index (χ0v) is 42.0. The lowest BCUT2D eigenvalue weighted by Gasteiger charge is -2.40. The molecule has 0 aliphatic carbocycles. The van der Waals surface area contributed by atoms with Crippen molar-refractivity contribution in [3.05, 3.63) is 0 Å². The van der Waals surface area contributed by atoms with Crippen molar-refractivity contribution >= 4 is 59.6 Å². The van der Waals surface area contributed by atoms with Gasteiger partial charge in [0.2, 0.25) is 11.8 Å². The summed E-state index contributed by atoms with van der Waals surface area (Å²) in [4.78, 5) is 124. The summed E-state index contributed by atoms with van der Waals surface area (Å²) in [6, 6.07) is -2.09. The monoisotopic (exact) mass is 988 g/mol. The Balaban J connectivity index is 5.82. The summed E-state index contributed by atoms with van der Waals surface area (Å²) in [5.41, 5.74) is 5.45. The van der Waals surface area contributed by atoms with Crippen molar-refractivity contribution in [1.82, 2.24) is 10.6 Å². The Kier molecular flexibility index (Phi) is 33.8. The van der Waals surface area contributed by atoms with Crippen molar-refractivity contribution in [3.8, 4) is 0 Å². The van der Waals surface area contributed by atoms with E-state index in [1.165, 1.54) is 0 Å². The highest BCUT2D eigenvalue weighted by Crippen LogP contribution is 2.29. The lowest BCUT2D eigenvalue weighted by molar-refractivity contribution is -0.219. The number of ether oxygens (including phenoxy) is 6. The minimum atomic E-state index is -1.85. The second kappa shape index (κ2) is 36.6. The van der Waals surface area contributed by atoms with Crippen LogP contribution in [0.3, 0.4) is 0 Å². The van der Waals surface area contributed by atoms with Crippen LogP contribution < -0.4 is 16.4 Å². The number of amides is 2. The van der Waals surface area contributed by atoms with Gasteiger partial charge in [-0.15, -0.1) is 0 Å². The Morgan fingerprint density at radius 3 is 1.09 bits per heavy atom. The van der Waals surface area contributed by atoms with Crippen molar-refractivity contribution in [1.29, 1.82) is 0 Å². The first-order chi connectivity index (χ1) is 32.5. The summed E-state index contributed by atoms with van der Waals surface area (Å²) >= 11 is 0. The number of unbranched alkanes of at least 4 members (excludes halogenated alkanes) is 12. The van der Waals surface area contributed by atoms with E-state index in [-0.39, 0.29) is 38.0 Å². The molecule has 0 bridgehead atoms. The predicted molar refractivity (Wildman–Crippen MR) is 249 cm³/mol. The molecular formula is C48H81N3O18. The number of esters is 6. The first kappa shape index (κ1) is 63.7. The molecule has 0 saturated heterocycles. The number of rotatable bonds is 39. The third-order valence-electron chi connectivity index (χ3n) is 10.9.